The lowest BCUT2D eigenvalue weighted by Crippen LogP contribution is -2.40. The lowest BCUT2D eigenvalue weighted by atomic mass is 10.2. The van der Waals surface area contributed by atoms with Gasteiger partial charge < -0.3 is 19.9 Å². The van der Waals surface area contributed by atoms with Gasteiger partial charge in [-0.3, -0.25) is 0 Å². The first-order valence-electron chi connectivity index (χ1n) is 9.84. The minimum atomic E-state index is -3.88. The van der Waals surface area contributed by atoms with Gasteiger partial charge in [0.1, 0.15) is 16.5 Å². The number of hydrogen-bond donors (Lipinski definition) is 1. The smallest absolute Gasteiger partial charge is 0.338 e. The van der Waals surface area contributed by atoms with Gasteiger partial charge in [-0.15, -0.1) is 0 Å². The van der Waals surface area contributed by atoms with Gasteiger partial charge in [-0.1, -0.05) is 12.1 Å². The summed E-state index contributed by atoms with van der Waals surface area (Å²) in [6, 6.07) is 11.3. The number of fused-ring (bicyclic) bond motifs is 1. The molecule has 0 radical (unpaired) electrons. The molecule has 1 fully saturated rings. The lowest BCUT2D eigenvalue weighted by molar-refractivity contribution is 0.0462. The molecule has 2 aromatic carbocycles. The summed E-state index contributed by atoms with van der Waals surface area (Å²) >= 11 is 0. The molecule has 1 aliphatic heterocycles. The van der Waals surface area contributed by atoms with E-state index < -0.39 is 16.0 Å². The molecule has 1 saturated heterocycles. The van der Waals surface area contributed by atoms with Crippen molar-refractivity contribution in [3.8, 4) is 5.75 Å². The fourth-order valence-corrected chi connectivity index (χ4v) is 4.95. The summed E-state index contributed by atoms with van der Waals surface area (Å²) in [5.41, 5.74) is 6.65. The molecule has 0 saturated carbocycles. The predicted molar refractivity (Wildman–Crippen MR) is 116 cm³/mol. The molecule has 0 amide bonds. The molecule has 10 nitrogen and oxygen atoms in total. The van der Waals surface area contributed by atoms with E-state index in [1.165, 1.54) is 29.6 Å². The molecule has 1 aromatic heterocycles. The van der Waals surface area contributed by atoms with Gasteiger partial charge in [0.25, 0.3) is 0 Å². The van der Waals surface area contributed by atoms with Crippen LogP contribution in [0.25, 0.3) is 10.9 Å². The summed E-state index contributed by atoms with van der Waals surface area (Å²) in [7, 11) is -2.51. The number of nitrogen functional groups attached to an aromatic ring is 1. The van der Waals surface area contributed by atoms with Gasteiger partial charge in [-0.25, -0.2) is 23.2 Å². The van der Waals surface area contributed by atoms with Crippen molar-refractivity contribution in [3.63, 3.8) is 0 Å². The zero-order valence-corrected chi connectivity index (χ0v) is 18.2. The standard InChI is InChI=1S/C21H22N4O6S/c1-29-17-7-6-14(12-18(17)32(27,28)25-8-10-30-11-9-25)21(26)31-13-19-23-16-5-3-2-4-15(16)20(22)24-19/h2-7,12H,8-11,13H2,1H3,(H2,22,23,24). The number of benzene rings is 2. The first-order chi connectivity index (χ1) is 15.4. The Balaban J connectivity index is 1.56. The van der Waals surface area contributed by atoms with Crippen molar-refractivity contribution >= 4 is 32.7 Å². The average molecular weight is 458 g/mol. The third-order valence-corrected chi connectivity index (χ3v) is 6.92. The van der Waals surface area contributed by atoms with Gasteiger partial charge in [-0.2, -0.15) is 4.31 Å². The van der Waals surface area contributed by atoms with Crippen molar-refractivity contribution in [1.29, 1.82) is 0 Å². The van der Waals surface area contributed by atoms with E-state index in [2.05, 4.69) is 9.97 Å². The molecule has 4 rings (SSSR count). The number of hydrogen-bond acceptors (Lipinski definition) is 9. The number of carbonyl (C=O) groups is 1. The van der Waals surface area contributed by atoms with E-state index in [4.69, 9.17) is 19.9 Å². The van der Waals surface area contributed by atoms with Crippen LogP contribution in [0.4, 0.5) is 5.82 Å². The quantitative estimate of drug-likeness (QED) is 0.547. The van der Waals surface area contributed by atoms with E-state index in [9.17, 15) is 13.2 Å². The molecular formula is C21H22N4O6S. The molecule has 3 aromatic rings. The Bertz CT molecular complexity index is 1260. The second-order valence-electron chi connectivity index (χ2n) is 7.00. The Morgan fingerprint density at radius 2 is 1.91 bits per heavy atom. The molecule has 0 aliphatic carbocycles. The van der Waals surface area contributed by atoms with Crippen molar-refractivity contribution in [3.05, 3.63) is 53.9 Å². The van der Waals surface area contributed by atoms with Gasteiger partial charge in [0.15, 0.2) is 12.4 Å². The molecule has 168 valence electrons. The van der Waals surface area contributed by atoms with Crippen LogP contribution in [-0.4, -0.2) is 62.1 Å². The number of esters is 1. The van der Waals surface area contributed by atoms with Gasteiger partial charge in [-0.05, 0) is 30.3 Å². The minimum absolute atomic E-state index is 0.0615. The highest BCUT2D eigenvalue weighted by Gasteiger charge is 2.30. The summed E-state index contributed by atoms with van der Waals surface area (Å²) in [6.45, 7) is 0.837. The van der Waals surface area contributed by atoms with Crippen LogP contribution in [0.2, 0.25) is 0 Å². The molecular weight excluding hydrogens is 436 g/mol. The van der Waals surface area contributed by atoms with Gasteiger partial charge in [0.05, 0.1) is 31.4 Å². The van der Waals surface area contributed by atoms with Gasteiger partial charge in [0, 0.05) is 18.5 Å². The van der Waals surface area contributed by atoms with Crippen LogP contribution in [0.15, 0.2) is 47.4 Å². The summed E-state index contributed by atoms with van der Waals surface area (Å²) in [5, 5.41) is 0.704. The van der Waals surface area contributed by atoms with Crippen molar-refractivity contribution in [2.45, 2.75) is 11.5 Å². The average Bonchev–Trinajstić information content (AvgIpc) is 2.82. The molecule has 0 bridgehead atoms. The molecule has 2 heterocycles. The molecule has 0 unspecified atom stereocenters. The number of ether oxygens (including phenoxy) is 3. The van der Waals surface area contributed by atoms with Crippen LogP contribution in [-0.2, 0) is 26.1 Å². The maximum absolute atomic E-state index is 13.1. The maximum atomic E-state index is 13.1. The van der Waals surface area contributed by atoms with E-state index in [-0.39, 0.29) is 47.5 Å². The summed E-state index contributed by atoms with van der Waals surface area (Å²) in [4.78, 5) is 21.0. The van der Waals surface area contributed by atoms with Crippen molar-refractivity contribution in [2.24, 2.45) is 0 Å². The number of aromatic nitrogens is 2. The number of methoxy groups -OCH3 is 1. The molecule has 2 N–H and O–H groups in total. The monoisotopic (exact) mass is 458 g/mol. The number of para-hydroxylation sites is 1. The van der Waals surface area contributed by atoms with Crippen LogP contribution in [0.3, 0.4) is 0 Å². The predicted octanol–water partition coefficient (Wildman–Crippen LogP) is 1.60. The second kappa shape index (κ2) is 9.07. The van der Waals surface area contributed by atoms with E-state index in [1.54, 1.807) is 12.1 Å². The van der Waals surface area contributed by atoms with Crippen molar-refractivity contribution in [2.75, 3.05) is 39.1 Å². The van der Waals surface area contributed by atoms with Crippen LogP contribution < -0.4 is 10.5 Å². The van der Waals surface area contributed by atoms with Crippen LogP contribution in [0, 0.1) is 0 Å². The van der Waals surface area contributed by atoms with Crippen molar-refractivity contribution < 1.29 is 27.4 Å². The largest absolute Gasteiger partial charge is 0.495 e. The molecule has 11 heteroatoms. The summed E-state index contributed by atoms with van der Waals surface area (Å²) < 4.78 is 43.2. The van der Waals surface area contributed by atoms with Gasteiger partial charge >= 0.3 is 5.97 Å². The Morgan fingerprint density at radius 1 is 1.16 bits per heavy atom. The van der Waals surface area contributed by atoms with Gasteiger partial charge in [0.2, 0.25) is 10.0 Å². The number of nitrogens with two attached hydrogens (primary N) is 1. The van der Waals surface area contributed by atoms with Crippen LogP contribution >= 0.6 is 0 Å². The molecule has 1 aliphatic rings. The van der Waals surface area contributed by atoms with E-state index >= 15 is 0 Å². The fourth-order valence-electron chi connectivity index (χ4n) is 3.36. The highest BCUT2D eigenvalue weighted by atomic mass is 32.2. The SMILES string of the molecule is COc1ccc(C(=O)OCc2nc(N)c3ccccc3n2)cc1S(=O)(=O)N1CCOCC1. The van der Waals surface area contributed by atoms with E-state index in [0.29, 0.717) is 24.1 Å². The Hall–Kier alpha value is -3.28. The first-order valence-corrected chi connectivity index (χ1v) is 11.3. The first kappa shape index (κ1) is 21.9. The number of nitrogens with zero attached hydrogens (tertiary/aromatic N) is 3. The molecule has 32 heavy (non-hydrogen) atoms. The normalized spacial score (nSPS) is 14.9. The van der Waals surface area contributed by atoms with E-state index in [1.807, 2.05) is 12.1 Å². The highest BCUT2D eigenvalue weighted by molar-refractivity contribution is 7.89. The second-order valence-corrected chi connectivity index (χ2v) is 8.91. The molecule has 0 spiro atoms. The summed E-state index contributed by atoms with van der Waals surface area (Å²) in [5.74, 6) is -0.0608. The Morgan fingerprint density at radius 3 is 2.66 bits per heavy atom. The number of sulfonamides is 1. The number of anilines is 1. The zero-order chi connectivity index (χ0) is 22.7. The minimum Gasteiger partial charge on any atom is -0.495 e. The van der Waals surface area contributed by atoms with E-state index in [0.717, 1.165) is 0 Å². The third kappa shape index (κ3) is 4.35. The highest BCUT2D eigenvalue weighted by Crippen LogP contribution is 2.29. The summed E-state index contributed by atoms with van der Waals surface area (Å²) in [6.07, 6.45) is 0. The number of carbonyl (C=O) groups excluding carboxylic acids is 1. The zero-order valence-electron chi connectivity index (χ0n) is 17.4. The maximum Gasteiger partial charge on any atom is 0.338 e. The number of morpholine rings is 1. The van der Waals surface area contributed by atoms with Crippen molar-refractivity contribution in [1.82, 2.24) is 14.3 Å². The Kier molecular flexibility index (Phi) is 6.21. The Labute approximate surface area is 185 Å². The third-order valence-electron chi connectivity index (χ3n) is 5.00. The van der Waals surface area contributed by atoms with Crippen LogP contribution in [0.1, 0.15) is 16.2 Å². The molecule has 0 atom stereocenters. The number of rotatable bonds is 6. The lowest BCUT2D eigenvalue weighted by Gasteiger charge is -2.26. The fraction of sp³-hybridized carbons (Fsp3) is 0.286. The topological polar surface area (TPSA) is 134 Å². The van der Waals surface area contributed by atoms with Crippen LogP contribution in [0.5, 0.6) is 5.75 Å².